The smallest absolute Gasteiger partial charge is 0.289 e. The van der Waals surface area contributed by atoms with Crippen LogP contribution < -0.4 is 4.74 Å². The number of carbonyl (C=O) groups is 1. The summed E-state index contributed by atoms with van der Waals surface area (Å²) >= 11 is 3.39. The molecule has 0 bridgehead atoms. The van der Waals surface area contributed by atoms with Crippen LogP contribution in [0.25, 0.3) is 0 Å². The number of nitrogens with zero attached hydrogens (tertiary/aromatic N) is 2. The first-order valence-corrected chi connectivity index (χ1v) is 10.6. The van der Waals surface area contributed by atoms with Crippen LogP contribution in [0, 0.1) is 5.82 Å². The van der Waals surface area contributed by atoms with Gasteiger partial charge in [-0.05, 0) is 54.1 Å². The zero-order chi connectivity index (χ0) is 20.9. The summed E-state index contributed by atoms with van der Waals surface area (Å²) in [5.41, 5.74) is 0.941. The summed E-state index contributed by atoms with van der Waals surface area (Å²) in [4.78, 5) is 16.8. The Morgan fingerprint density at radius 2 is 1.80 bits per heavy atom. The Balaban J connectivity index is 1.27. The van der Waals surface area contributed by atoms with Gasteiger partial charge < -0.3 is 14.1 Å². The van der Waals surface area contributed by atoms with Gasteiger partial charge >= 0.3 is 0 Å². The van der Waals surface area contributed by atoms with Gasteiger partial charge in [0.1, 0.15) is 23.9 Å². The van der Waals surface area contributed by atoms with Crippen LogP contribution in [0.4, 0.5) is 4.39 Å². The molecule has 0 aliphatic carbocycles. The summed E-state index contributed by atoms with van der Waals surface area (Å²) in [7, 11) is 0. The first-order valence-electron chi connectivity index (χ1n) is 9.80. The third-order valence-corrected chi connectivity index (χ3v) is 5.55. The molecule has 0 N–H and O–H groups in total. The molecule has 1 fully saturated rings. The maximum atomic E-state index is 13.4. The van der Waals surface area contributed by atoms with Gasteiger partial charge in [0.25, 0.3) is 5.91 Å². The molecular formula is C23H22BrFN2O3. The van der Waals surface area contributed by atoms with Crippen molar-refractivity contribution in [2.75, 3.05) is 26.2 Å². The van der Waals surface area contributed by atoms with E-state index in [1.54, 1.807) is 29.2 Å². The zero-order valence-electron chi connectivity index (χ0n) is 16.4. The van der Waals surface area contributed by atoms with E-state index in [4.69, 9.17) is 9.15 Å². The average molecular weight is 473 g/mol. The first kappa shape index (κ1) is 20.6. The Bertz CT molecular complexity index is 998. The second-order valence-electron chi connectivity index (χ2n) is 7.21. The van der Waals surface area contributed by atoms with E-state index in [0.29, 0.717) is 31.2 Å². The van der Waals surface area contributed by atoms with Crippen LogP contribution in [0.2, 0.25) is 0 Å². The van der Waals surface area contributed by atoms with Crippen molar-refractivity contribution in [2.45, 2.75) is 13.2 Å². The van der Waals surface area contributed by atoms with Gasteiger partial charge in [-0.3, -0.25) is 9.69 Å². The van der Waals surface area contributed by atoms with Gasteiger partial charge in [-0.15, -0.1) is 0 Å². The van der Waals surface area contributed by atoms with Crippen molar-refractivity contribution in [1.29, 1.82) is 0 Å². The van der Waals surface area contributed by atoms with E-state index in [9.17, 15) is 9.18 Å². The van der Waals surface area contributed by atoms with E-state index in [-0.39, 0.29) is 18.3 Å². The number of amides is 1. The first-order chi connectivity index (χ1) is 14.6. The monoisotopic (exact) mass is 472 g/mol. The third-order valence-electron chi connectivity index (χ3n) is 5.02. The molecular weight excluding hydrogens is 451 g/mol. The lowest BCUT2D eigenvalue weighted by Gasteiger charge is -2.34. The average Bonchev–Trinajstić information content (AvgIpc) is 3.22. The molecule has 0 atom stereocenters. The SMILES string of the molecule is O=C(c1ccc(COc2ccc(Br)cc2)o1)N1CCN(Cc2cccc(F)c2)CC1. The van der Waals surface area contributed by atoms with Crippen LogP contribution in [0.15, 0.2) is 69.6 Å². The summed E-state index contributed by atoms with van der Waals surface area (Å²) in [5.74, 6) is 1.32. The number of ether oxygens (including phenoxy) is 1. The van der Waals surface area contributed by atoms with E-state index >= 15 is 0 Å². The van der Waals surface area contributed by atoms with Gasteiger partial charge in [-0.25, -0.2) is 4.39 Å². The highest BCUT2D eigenvalue weighted by molar-refractivity contribution is 9.10. The lowest BCUT2D eigenvalue weighted by atomic mass is 10.2. The van der Waals surface area contributed by atoms with Crippen LogP contribution in [-0.2, 0) is 13.2 Å². The Kier molecular flexibility index (Phi) is 6.50. The van der Waals surface area contributed by atoms with E-state index < -0.39 is 0 Å². The number of benzene rings is 2. The number of hydrogen-bond acceptors (Lipinski definition) is 4. The maximum absolute atomic E-state index is 13.4. The Morgan fingerprint density at radius 1 is 1.03 bits per heavy atom. The highest BCUT2D eigenvalue weighted by Gasteiger charge is 2.24. The number of hydrogen-bond donors (Lipinski definition) is 0. The molecule has 2 heterocycles. The third kappa shape index (κ3) is 5.29. The van der Waals surface area contributed by atoms with Crippen LogP contribution in [-0.4, -0.2) is 41.9 Å². The molecule has 1 aromatic heterocycles. The van der Waals surface area contributed by atoms with Crippen LogP contribution >= 0.6 is 15.9 Å². The second kappa shape index (κ2) is 9.45. The van der Waals surface area contributed by atoms with Crippen molar-refractivity contribution < 1.29 is 18.3 Å². The minimum Gasteiger partial charge on any atom is -0.486 e. The van der Waals surface area contributed by atoms with Crippen molar-refractivity contribution in [3.63, 3.8) is 0 Å². The Labute approximate surface area is 183 Å². The summed E-state index contributed by atoms with van der Waals surface area (Å²) in [6.45, 7) is 3.64. The quantitative estimate of drug-likeness (QED) is 0.520. The molecule has 0 saturated carbocycles. The molecule has 4 rings (SSSR count). The van der Waals surface area contributed by atoms with Gasteiger partial charge in [0.15, 0.2) is 5.76 Å². The van der Waals surface area contributed by atoms with Gasteiger partial charge in [-0.2, -0.15) is 0 Å². The standard InChI is InChI=1S/C23H22BrFN2O3/c24-18-4-6-20(7-5-18)29-16-21-8-9-22(30-21)23(28)27-12-10-26(11-13-27)15-17-2-1-3-19(25)14-17/h1-9,14H,10-13,15-16H2. The lowest BCUT2D eigenvalue weighted by Crippen LogP contribution is -2.48. The molecule has 0 radical (unpaired) electrons. The van der Waals surface area contributed by atoms with Crippen molar-refractivity contribution in [1.82, 2.24) is 9.80 Å². The van der Waals surface area contributed by atoms with Gasteiger partial charge in [0.2, 0.25) is 0 Å². The molecule has 156 valence electrons. The van der Waals surface area contributed by atoms with Crippen molar-refractivity contribution >= 4 is 21.8 Å². The molecule has 5 nitrogen and oxygen atoms in total. The molecule has 1 saturated heterocycles. The minimum absolute atomic E-state index is 0.115. The van der Waals surface area contributed by atoms with E-state index in [0.717, 1.165) is 28.9 Å². The molecule has 2 aromatic carbocycles. The molecule has 1 amide bonds. The molecule has 0 unspecified atom stereocenters. The van der Waals surface area contributed by atoms with Crippen LogP contribution in [0.3, 0.4) is 0 Å². The van der Waals surface area contributed by atoms with Crippen LogP contribution in [0.1, 0.15) is 21.9 Å². The predicted octanol–water partition coefficient (Wildman–Crippen LogP) is 4.72. The molecule has 0 spiro atoms. The second-order valence-corrected chi connectivity index (χ2v) is 8.12. The number of furan rings is 1. The van der Waals surface area contributed by atoms with Gasteiger partial charge in [0, 0.05) is 37.2 Å². The highest BCUT2D eigenvalue weighted by Crippen LogP contribution is 2.19. The predicted molar refractivity (Wildman–Crippen MR) is 115 cm³/mol. The maximum Gasteiger partial charge on any atom is 0.289 e. The number of halogens is 2. The van der Waals surface area contributed by atoms with Gasteiger partial charge in [-0.1, -0.05) is 28.1 Å². The fraction of sp³-hybridized carbons (Fsp3) is 0.261. The summed E-state index contributed by atoms with van der Waals surface area (Å²) < 4.78 is 25.7. The fourth-order valence-corrected chi connectivity index (χ4v) is 3.68. The van der Waals surface area contributed by atoms with Crippen molar-refractivity contribution in [2.24, 2.45) is 0 Å². The molecule has 7 heteroatoms. The Hall–Kier alpha value is -2.64. The zero-order valence-corrected chi connectivity index (χ0v) is 18.0. The minimum atomic E-state index is -0.223. The van der Waals surface area contributed by atoms with Crippen LogP contribution in [0.5, 0.6) is 5.75 Å². The normalized spacial score (nSPS) is 14.7. The van der Waals surface area contributed by atoms with Crippen molar-refractivity contribution in [3.05, 3.63) is 88.0 Å². The lowest BCUT2D eigenvalue weighted by molar-refractivity contribution is 0.0594. The van der Waals surface area contributed by atoms with E-state index in [1.807, 2.05) is 30.3 Å². The Morgan fingerprint density at radius 3 is 2.53 bits per heavy atom. The highest BCUT2D eigenvalue weighted by atomic mass is 79.9. The fourth-order valence-electron chi connectivity index (χ4n) is 3.41. The van der Waals surface area contributed by atoms with E-state index in [1.165, 1.54) is 6.07 Å². The van der Waals surface area contributed by atoms with Gasteiger partial charge in [0.05, 0.1) is 0 Å². The number of rotatable bonds is 6. The van der Waals surface area contributed by atoms with Crippen molar-refractivity contribution in [3.8, 4) is 5.75 Å². The summed E-state index contributed by atoms with van der Waals surface area (Å²) in [5, 5.41) is 0. The molecule has 1 aliphatic rings. The molecule has 3 aromatic rings. The number of carbonyl (C=O) groups excluding carboxylic acids is 1. The molecule has 30 heavy (non-hydrogen) atoms. The van der Waals surface area contributed by atoms with E-state index in [2.05, 4.69) is 20.8 Å². The number of piperazine rings is 1. The largest absolute Gasteiger partial charge is 0.486 e. The summed E-state index contributed by atoms with van der Waals surface area (Å²) in [6.07, 6.45) is 0. The topological polar surface area (TPSA) is 45.9 Å². The summed E-state index contributed by atoms with van der Waals surface area (Å²) in [6, 6.07) is 17.6. The molecule has 1 aliphatic heterocycles.